The maximum absolute atomic E-state index is 9.07. The van der Waals surface area contributed by atoms with E-state index >= 15 is 0 Å². The third-order valence-electron chi connectivity index (χ3n) is 3.21. The number of benzene rings is 1. The fourth-order valence-corrected chi connectivity index (χ4v) is 1.57. The van der Waals surface area contributed by atoms with Crippen molar-refractivity contribution in [2.75, 3.05) is 13.2 Å². The minimum absolute atomic E-state index is 0.204. The van der Waals surface area contributed by atoms with Crippen molar-refractivity contribution in [1.82, 2.24) is 5.32 Å². The Balaban J connectivity index is 2.38. The van der Waals surface area contributed by atoms with Crippen molar-refractivity contribution in [2.45, 2.75) is 32.9 Å². The maximum atomic E-state index is 9.07. The SMILES string of the molecule is C#CCCOc1ccc(CNC(C)C(C)CO)cc1. The zero-order valence-electron chi connectivity index (χ0n) is 11.7. The Morgan fingerprint density at radius 2 is 2.00 bits per heavy atom. The molecule has 3 nitrogen and oxygen atoms in total. The molecule has 1 rings (SSSR count). The summed E-state index contributed by atoms with van der Waals surface area (Å²) in [7, 11) is 0. The molecule has 2 N–H and O–H groups in total. The first-order valence-electron chi connectivity index (χ1n) is 6.66. The fourth-order valence-electron chi connectivity index (χ4n) is 1.57. The fraction of sp³-hybridized carbons (Fsp3) is 0.500. The second-order valence-corrected chi connectivity index (χ2v) is 4.78. The van der Waals surface area contributed by atoms with Gasteiger partial charge in [0.1, 0.15) is 5.75 Å². The van der Waals surface area contributed by atoms with Gasteiger partial charge in [-0.2, -0.15) is 0 Å². The molecule has 0 bridgehead atoms. The first-order valence-corrected chi connectivity index (χ1v) is 6.66. The van der Waals surface area contributed by atoms with Gasteiger partial charge in [-0.3, -0.25) is 0 Å². The maximum Gasteiger partial charge on any atom is 0.119 e. The zero-order chi connectivity index (χ0) is 14.1. The van der Waals surface area contributed by atoms with Gasteiger partial charge in [0.2, 0.25) is 0 Å². The Bertz CT molecular complexity index is 394. The van der Waals surface area contributed by atoms with Gasteiger partial charge in [-0.05, 0) is 30.5 Å². The molecular formula is C16H23NO2. The van der Waals surface area contributed by atoms with Gasteiger partial charge in [0, 0.05) is 25.6 Å². The van der Waals surface area contributed by atoms with E-state index < -0.39 is 0 Å². The lowest BCUT2D eigenvalue weighted by Crippen LogP contribution is -2.33. The summed E-state index contributed by atoms with van der Waals surface area (Å²) in [5.41, 5.74) is 1.20. The Labute approximate surface area is 116 Å². The predicted octanol–water partition coefficient (Wildman–Crippen LogP) is 2.20. The normalized spacial score (nSPS) is 13.6. The van der Waals surface area contributed by atoms with Crippen LogP contribution in [0.5, 0.6) is 5.75 Å². The zero-order valence-corrected chi connectivity index (χ0v) is 11.7. The molecule has 0 spiro atoms. The van der Waals surface area contributed by atoms with Gasteiger partial charge in [-0.15, -0.1) is 12.3 Å². The number of terminal acetylenes is 1. The van der Waals surface area contributed by atoms with Crippen molar-refractivity contribution in [3.05, 3.63) is 29.8 Å². The highest BCUT2D eigenvalue weighted by Crippen LogP contribution is 2.13. The molecule has 0 amide bonds. The number of nitrogens with one attached hydrogen (secondary N) is 1. The van der Waals surface area contributed by atoms with Gasteiger partial charge in [0.05, 0.1) is 6.61 Å². The summed E-state index contributed by atoms with van der Waals surface area (Å²) in [6.45, 7) is 5.66. The van der Waals surface area contributed by atoms with Crippen molar-refractivity contribution in [1.29, 1.82) is 0 Å². The summed E-state index contributed by atoms with van der Waals surface area (Å²) >= 11 is 0. The topological polar surface area (TPSA) is 41.5 Å². The molecule has 1 aromatic carbocycles. The van der Waals surface area contributed by atoms with E-state index in [4.69, 9.17) is 16.3 Å². The summed E-state index contributed by atoms with van der Waals surface area (Å²) < 4.78 is 5.49. The van der Waals surface area contributed by atoms with E-state index in [1.807, 2.05) is 31.2 Å². The van der Waals surface area contributed by atoms with Crippen LogP contribution in [0.15, 0.2) is 24.3 Å². The molecule has 1 aromatic rings. The van der Waals surface area contributed by atoms with Crippen LogP contribution < -0.4 is 10.1 Å². The second kappa shape index (κ2) is 8.58. The van der Waals surface area contributed by atoms with Crippen LogP contribution in [0.4, 0.5) is 0 Å². The molecule has 0 aromatic heterocycles. The highest BCUT2D eigenvalue weighted by atomic mass is 16.5. The molecule has 0 saturated heterocycles. The average molecular weight is 261 g/mol. The first kappa shape index (κ1) is 15.6. The summed E-state index contributed by atoms with van der Waals surface area (Å²) in [6, 6.07) is 8.27. The van der Waals surface area contributed by atoms with Crippen LogP contribution in [0.1, 0.15) is 25.8 Å². The van der Waals surface area contributed by atoms with E-state index in [0.29, 0.717) is 13.0 Å². The number of hydrogen-bond donors (Lipinski definition) is 2. The van der Waals surface area contributed by atoms with Crippen molar-refractivity contribution < 1.29 is 9.84 Å². The third kappa shape index (κ3) is 5.78. The monoisotopic (exact) mass is 261 g/mol. The number of rotatable bonds is 8. The van der Waals surface area contributed by atoms with Gasteiger partial charge < -0.3 is 15.2 Å². The van der Waals surface area contributed by atoms with Gasteiger partial charge in [-0.25, -0.2) is 0 Å². The molecule has 3 heteroatoms. The third-order valence-corrected chi connectivity index (χ3v) is 3.21. The van der Waals surface area contributed by atoms with Crippen molar-refractivity contribution in [2.24, 2.45) is 5.92 Å². The number of hydrogen-bond acceptors (Lipinski definition) is 3. The lowest BCUT2D eigenvalue weighted by molar-refractivity contribution is 0.207. The summed E-state index contributed by atoms with van der Waals surface area (Å²) in [5, 5.41) is 12.5. The molecule has 0 aliphatic rings. The Kier molecular flexibility index (Phi) is 7.02. The van der Waals surface area contributed by atoms with Crippen LogP contribution in [-0.4, -0.2) is 24.4 Å². The van der Waals surface area contributed by atoms with E-state index in [2.05, 4.69) is 18.2 Å². The molecule has 104 valence electrons. The van der Waals surface area contributed by atoms with E-state index in [-0.39, 0.29) is 18.6 Å². The summed E-state index contributed by atoms with van der Waals surface area (Å²) in [4.78, 5) is 0. The molecular weight excluding hydrogens is 238 g/mol. The standard InChI is InChI=1S/C16H23NO2/c1-4-5-10-19-16-8-6-15(7-9-16)11-17-14(3)13(2)12-18/h1,6-9,13-14,17-18H,5,10-12H2,2-3H3. The lowest BCUT2D eigenvalue weighted by Gasteiger charge is -2.19. The highest BCUT2D eigenvalue weighted by Gasteiger charge is 2.09. The molecule has 0 heterocycles. The Hall–Kier alpha value is -1.50. The van der Waals surface area contributed by atoms with Gasteiger partial charge >= 0.3 is 0 Å². The molecule has 0 saturated carbocycles. The number of aliphatic hydroxyl groups is 1. The van der Waals surface area contributed by atoms with Crippen LogP contribution in [0, 0.1) is 18.3 Å². The van der Waals surface area contributed by atoms with Gasteiger partial charge in [-0.1, -0.05) is 19.1 Å². The first-order chi connectivity index (χ1) is 9.17. The van der Waals surface area contributed by atoms with Crippen LogP contribution in [0.2, 0.25) is 0 Å². The molecule has 2 unspecified atom stereocenters. The van der Waals surface area contributed by atoms with E-state index in [1.54, 1.807) is 0 Å². The molecule has 0 fully saturated rings. The van der Waals surface area contributed by atoms with Crippen molar-refractivity contribution in [3.8, 4) is 18.1 Å². The quantitative estimate of drug-likeness (QED) is 0.557. The minimum atomic E-state index is 0.204. The van der Waals surface area contributed by atoms with Gasteiger partial charge in [0.25, 0.3) is 0 Å². The van der Waals surface area contributed by atoms with Crippen LogP contribution in [-0.2, 0) is 6.54 Å². The van der Waals surface area contributed by atoms with Crippen molar-refractivity contribution in [3.63, 3.8) is 0 Å². The predicted molar refractivity (Wildman–Crippen MR) is 77.9 cm³/mol. The number of aliphatic hydroxyl groups excluding tert-OH is 1. The summed E-state index contributed by atoms with van der Waals surface area (Å²) in [6.07, 6.45) is 5.79. The van der Waals surface area contributed by atoms with Crippen molar-refractivity contribution >= 4 is 0 Å². The van der Waals surface area contributed by atoms with E-state index in [1.165, 1.54) is 5.56 Å². The van der Waals surface area contributed by atoms with Gasteiger partial charge in [0.15, 0.2) is 0 Å². The van der Waals surface area contributed by atoms with E-state index in [9.17, 15) is 0 Å². The van der Waals surface area contributed by atoms with Crippen LogP contribution in [0.3, 0.4) is 0 Å². The lowest BCUT2D eigenvalue weighted by atomic mass is 10.0. The average Bonchev–Trinajstić information content (AvgIpc) is 2.45. The number of ether oxygens (including phenoxy) is 1. The highest BCUT2D eigenvalue weighted by molar-refractivity contribution is 5.27. The van der Waals surface area contributed by atoms with Crippen LogP contribution >= 0.6 is 0 Å². The van der Waals surface area contributed by atoms with Crippen LogP contribution in [0.25, 0.3) is 0 Å². The van der Waals surface area contributed by atoms with E-state index in [0.717, 1.165) is 12.3 Å². The molecule has 19 heavy (non-hydrogen) atoms. The summed E-state index contributed by atoms with van der Waals surface area (Å²) in [5.74, 6) is 3.64. The molecule has 0 radical (unpaired) electrons. The second-order valence-electron chi connectivity index (χ2n) is 4.78. The Morgan fingerprint density at radius 3 is 2.58 bits per heavy atom. The largest absolute Gasteiger partial charge is 0.493 e. The molecule has 0 aliphatic heterocycles. The molecule has 2 atom stereocenters. The molecule has 0 aliphatic carbocycles. The Morgan fingerprint density at radius 1 is 1.32 bits per heavy atom. The smallest absolute Gasteiger partial charge is 0.119 e. The minimum Gasteiger partial charge on any atom is -0.493 e.